The maximum atomic E-state index is 5.79. The van der Waals surface area contributed by atoms with Crippen LogP contribution in [0.4, 0.5) is 5.69 Å². The molecule has 2 N–H and O–H groups in total. The predicted molar refractivity (Wildman–Crippen MR) is 94.2 cm³/mol. The van der Waals surface area contributed by atoms with Gasteiger partial charge in [0.15, 0.2) is 11.5 Å². The number of fused-ring (bicyclic) bond motifs is 1. The lowest BCUT2D eigenvalue weighted by atomic mass is 9.90. The first-order valence-corrected chi connectivity index (χ1v) is 8.00. The van der Waals surface area contributed by atoms with Crippen LogP contribution in [0.3, 0.4) is 0 Å². The van der Waals surface area contributed by atoms with E-state index in [0.717, 1.165) is 35.7 Å². The fraction of sp³-hybridized carbons (Fsp3) is 0.368. The summed E-state index contributed by atoms with van der Waals surface area (Å²) in [5.74, 6) is 2.14. The van der Waals surface area contributed by atoms with Gasteiger partial charge >= 0.3 is 0 Å². The molecule has 1 fully saturated rings. The third-order valence-corrected chi connectivity index (χ3v) is 4.39. The monoisotopic (exact) mass is 312 g/mol. The van der Waals surface area contributed by atoms with Crippen LogP contribution >= 0.6 is 0 Å². The number of hydrogen-bond donors (Lipinski definition) is 1. The molecule has 0 aromatic heterocycles. The van der Waals surface area contributed by atoms with Crippen molar-refractivity contribution in [3.8, 4) is 11.5 Å². The number of rotatable bonds is 5. The van der Waals surface area contributed by atoms with Crippen molar-refractivity contribution in [1.82, 2.24) is 0 Å². The maximum Gasteiger partial charge on any atom is 0.163 e. The molecule has 0 saturated carbocycles. The summed E-state index contributed by atoms with van der Waals surface area (Å²) in [4.78, 5) is 2.32. The molecule has 23 heavy (non-hydrogen) atoms. The molecule has 4 nitrogen and oxygen atoms in total. The Kier molecular flexibility index (Phi) is 4.44. The van der Waals surface area contributed by atoms with E-state index in [-0.39, 0.29) is 6.04 Å². The van der Waals surface area contributed by atoms with Gasteiger partial charge in [0, 0.05) is 36.8 Å². The van der Waals surface area contributed by atoms with Crippen LogP contribution in [-0.4, -0.2) is 32.3 Å². The Morgan fingerprint density at radius 3 is 2.61 bits per heavy atom. The molecular formula is C19H24N2O2. The highest BCUT2D eigenvalue weighted by molar-refractivity contribution is 5.58. The van der Waals surface area contributed by atoms with Crippen molar-refractivity contribution < 1.29 is 9.47 Å². The van der Waals surface area contributed by atoms with Gasteiger partial charge in [-0.05, 0) is 30.2 Å². The van der Waals surface area contributed by atoms with Crippen LogP contribution in [-0.2, 0) is 0 Å². The van der Waals surface area contributed by atoms with Gasteiger partial charge in [0.25, 0.3) is 0 Å². The van der Waals surface area contributed by atoms with Crippen LogP contribution in [0, 0.1) is 5.92 Å². The number of benzene rings is 1. The van der Waals surface area contributed by atoms with Crippen LogP contribution in [0.1, 0.15) is 6.92 Å². The molecule has 1 aromatic carbocycles. The zero-order chi connectivity index (χ0) is 16.4. The van der Waals surface area contributed by atoms with Crippen LogP contribution in [0.25, 0.3) is 0 Å². The second kappa shape index (κ2) is 6.50. The minimum Gasteiger partial charge on any atom is -0.486 e. The summed E-state index contributed by atoms with van der Waals surface area (Å²) in [6.07, 6.45) is 4.01. The van der Waals surface area contributed by atoms with E-state index in [4.69, 9.17) is 15.2 Å². The quantitative estimate of drug-likeness (QED) is 0.849. The number of anilines is 1. The molecule has 0 radical (unpaired) electrons. The Morgan fingerprint density at radius 2 is 1.91 bits per heavy atom. The van der Waals surface area contributed by atoms with Gasteiger partial charge in [0.2, 0.25) is 0 Å². The van der Waals surface area contributed by atoms with Crippen molar-refractivity contribution in [1.29, 1.82) is 0 Å². The van der Waals surface area contributed by atoms with E-state index in [1.807, 2.05) is 25.1 Å². The van der Waals surface area contributed by atoms with Crippen LogP contribution < -0.4 is 20.1 Å². The maximum absolute atomic E-state index is 5.79. The van der Waals surface area contributed by atoms with E-state index in [9.17, 15) is 0 Å². The molecule has 1 atom stereocenters. The molecule has 2 aliphatic rings. The lowest BCUT2D eigenvalue weighted by Crippen LogP contribution is -2.47. The smallest absolute Gasteiger partial charge is 0.163 e. The van der Waals surface area contributed by atoms with Gasteiger partial charge in [-0.3, -0.25) is 0 Å². The summed E-state index contributed by atoms with van der Waals surface area (Å²) in [5.41, 5.74) is 9.01. The summed E-state index contributed by atoms with van der Waals surface area (Å²) < 4.78 is 11.2. The zero-order valence-corrected chi connectivity index (χ0v) is 13.6. The SMILES string of the molecule is C=C(/C=C\C(=C)[C@H](C)N)C1CN(c2ccc3c(c2)OCCO3)C1. The van der Waals surface area contributed by atoms with E-state index in [0.29, 0.717) is 19.1 Å². The van der Waals surface area contributed by atoms with Crippen molar-refractivity contribution >= 4 is 5.69 Å². The third kappa shape index (κ3) is 3.42. The number of nitrogens with zero attached hydrogens (tertiary/aromatic N) is 1. The van der Waals surface area contributed by atoms with E-state index in [1.165, 1.54) is 5.69 Å². The first-order chi connectivity index (χ1) is 11.0. The average Bonchev–Trinajstić information content (AvgIpc) is 2.51. The van der Waals surface area contributed by atoms with Crippen LogP contribution in [0.2, 0.25) is 0 Å². The van der Waals surface area contributed by atoms with Crippen molar-refractivity contribution in [3.05, 3.63) is 54.7 Å². The number of ether oxygens (including phenoxy) is 2. The molecule has 0 spiro atoms. The predicted octanol–water partition coefficient (Wildman–Crippen LogP) is 2.91. The Labute approximate surface area is 137 Å². The highest BCUT2D eigenvalue weighted by atomic mass is 16.6. The molecule has 0 amide bonds. The lowest BCUT2D eigenvalue weighted by molar-refractivity contribution is 0.171. The van der Waals surface area contributed by atoms with Gasteiger partial charge in [0.1, 0.15) is 13.2 Å². The average molecular weight is 312 g/mol. The molecule has 0 aliphatic carbocycles. The summed E-state index contributed by atoms with van der Waals surface area (Å²) in [7, 11) is 0. The van der Waals surface area contributed by atoms with Crippen LogP contribution in [0.5, 0.6) is 11.5 Å². The van der Waals surface area contributed by atoms with E-state index >= 15 is 0 Å². The van der Waals surface area contributed by atoms with Crippen molar-refractivity contribution in [3.63, 3.8) is 0 Å². The largest absolute Gasteiger partial charge is 0.486 e. The topological polar surface area (TPSA) is 47.7 Å². The van der Waals surface area contributed by atoms with E-state index in [1.54, 1.807) is 0 Å². The van der Waals surface area contributed by atoms with Gasteiger partial charge in [-0.1, -0.05) is 25.3 Å². The van der Waals surface area contributed by atoms with Gasteiger partial charge in [-0.2, -0.15) is 0 Å². The summed E-state index contributed by atoms with van der Waals surface area (Å²) in [5, 5.41) is 0. The van der Waals surface area contributed by atoms with Gasteiger partial charge in [-0.15, -0.1) is 0 Å². The second-order valence-corrected chi connectivity index (χ2v) is 6.20. The molecule has 0 bridgehead atoms. The minimum absolute atomic E-state index is 0.0188. The number of allylic oxidation sites excluding steroid dienone is 1. The van der Waals surface area contributed by atoms with Crippen molar-refractivity contribution in [2.75, 3.05) is 31.2 Å². The lowest BCUT2D eigenvalue weighted by Gasteiger charge is -2.42. The molecule has 122 valence electrons. The highest BCUT2D eigenvalue weighted by Gasteiger charge is 2.29. The van der Waals surface area contributed by atoms with Gasteiger partial charge in [0.05, 0.1) is 0 Å². The minimum atomic E-state index is -0.0188. The molecule has 1 aromatic rings. The Balaban J connectivity index is 1.56. The summed E-state index contributed by atoms with van der Waals surface area (Å²) in [6, 6.07) is 6.11. The highest BCUT2D eigenvalue weighted by Crippen LogP contribution is 2.37. The normalized spacial score (nSPS) is 18.6. The third-order valence-electron chi connectivity index (χ3n) is 4.39. The molecule has 4 heteroatoms. The summed E-state index contributed by atoms with van der Waals surface area (Å²) in [6.45, 7) is 13.2. The van der Waals surface area contributed by atoms with Crippen molar-refractivity contribution in [2.45, 2.75) is 13.0 Å². The Bertz CT molecular complexity index is 643. The molecule has 1 saturated heterocycles. The Hall–Kier alpha value is -2.20. The second-order valence-electron chi connectivity index (χ2n) is 6.20. The zero-order valence-electron chi connectivity index (χ0n) is 13.6. The molecule has 0 unspecified atom stereocenters. The fourth-order valence-corrected chi connectivity index (χ4v) is 2.65. The Morgan fingerprint density at radius 1 is 1.22 bits per heavy atom. The first kappa shape index (κ1) is 15.7. The molecule has 2 heterocycles. The van der Waals surface area contributed by atoms with Crippen LogP contribution in [0.15, 0.2) is 54.7 Å². The molecular weight excluding hydrogens is 288 g/mol. The van der Waals surface area contributed by atoms with E-state index < -0.39 is 0 Å². The molecule has 2 aliphatic heterocycles. The van der Waals surface area contributed by atoms with Gasteiger partial charge < -0.3 is 20.1 Å². The standard InChI is InChI=1S/C19H24N2O2/c1-13(15(3)20)4-5-14(2)16-11-21(12-16)17-6-7-18-19(10-17)23-9-8-22-18/h4-7,10,15-16H,1-2,8-9,11-12,20H2,3H3/b5-4-/t15-/m0/s1. The molecule has 3 rings (SSSR count). The first-order valence-electron chi connectivity index (χ1n) is 8.00. The van der Waals surface area contributed by atoms with E-state index in [2.05, 4.69) is 30.2 Å². The number of hydrogen-bond acceptors (Lipinski definition) is 4. The number of nitrogens with two attached hydrogens (primary N) is 1. The summed E-state index contributed by atoms with van der Waals surface area (Å²) >= 11 is 0. The van der Waals surface area contributed by atoms with Crippen molar-refractivity contribution in [2.24, 2.45) is 11.7 Å². The fourth-order valence-electron chi connectivity index (χ4n) is 2.65. The van der Waals surface area contributed by atoms with Gasteiger partial charge in [-0.25, -0.2) is 0 Å².